The third kappa shape index (κ3) is 6.60. The van der Waals surface area contributed by atoms with Crippen LogP contribution in [-0.2, 0) is 11.2 Å². The van der Waals surface area contributed by atoms with E-state index in [0.29, 0.717) is 18.8 Å². The number of hydrogen-bond donors (Lipinski definition) is 4. The highest BCUT2D eigenvalue weighted by Crippen LogP contribution is 2.15. The lowest BCUT2D eigenvalue weighted by atomic mass is 9.94. The summed E-state index contributed by atoms with van der Waals surface area (Å²) < 4.78 is 0. The molecule has 0 saturated carbocycles. The van der Waals surface area contributed by atoms with Crippen molar-refractivity contribution in [3.8, 4) is 5.75 Å². The number of hydrogen-bond acceptors (Lipinski definition) is 4. The molecule has 118 valence electrons. The summed E-state index contributed by atoms with van der Waals surface area (Å²) >= 11 is 0. The van der Waals surface area contributed by atoms with E-state index in [1.165, 1.54) is 0 Å². The van der Waals surface area contributed by atoms with Gasteiger partial charge in [-0.2, -0.15) is 0 Å². The summed E-state index contributed by atoms with van der Waals surface area (Å²) in [6.07, 6.45) is 0.999. The molecule has 5 nitrogen and oxygen atoms in total. The van der Waals surface area contributed by atoms with Gasteiger partial charge in [-0.1, -0.05) is 26.0 Å². The Labute approximate surface area is 126 Å². The third-order valence-electron chi connectivity index (χ3n) is 3.22. The number of rotatable bonds is 7. The first-order chi connectivity index (χ1) is 9.69. The van der Waals surface area contributed by atoms with Crippen molar-refractivity contribution in [2.75, 3.05) is 6.54 Å². The number of benzene rings is 1. The van der Waals surface area contributed by atoms with Gasteiger partial charge in [0.05, 0.1) is 11.6 Å². The SMILES string of the molecule is CC(C)CC(C)(O)CNC(=O)[C@H](N)Cc1ccc(O)cc1. The normalized spacial score (nSPS) is 15.5. The Morgan fingerprint density at radius 1 is 1.33 bits per heavy atom. The van der Waals surface area contributed by atoms with E-state index in [2.05, 4.69) is 5.32 Å². The minimum absolute atomic E-state index is 0.182. The molecule has 0 spiro atoms. The largest absolute Gasteiger partial charge is 0.508 e. The van der Waals surface area contributed by atoms with Crippen molar-refractivity contribution in [2.45, 2.75) is 45.3 Å². The van der Waals surface area contributed by atoms with E-state index < -0.39 is 11.6 Å². The molecule has 1 unspecified atom stereocenters. The second-order valence-electron chi connectivity index (χ2n) is 6.29. The monoisotopic (exact) mass is 294 g/mol. The highest BCUT2D eigenvalue weighted by atomic mass is 16.3. The number of nitrogens with two attached hydrogens (primary N) is 1. The van der Waals surface area contributed by atoms with E-state index in [9.17, 15) is 15.0 Å². The standard InChI is InChI=1S/C16H26N2O3/c1-11(2)9-16(3,21)10-18-15(20)14(17)8-12-4-6-13(19)7-5-12/h4-7,11,14,19,21H,8-10,17H2,1-3H3,(H,18,20)/t14-,16?/m1/s1. The molecule has 0 saturated heterocycles. The Morgan fingerprint density at radius 2 is 1.90 bits per heavy atom. The van der Waals surface area contributed by atoms with Crippen molar-refractivity contribution in [3.05, 3.63) is 29.8 Å². The number of amides is 1. The smallest absolute Gasteiger partial charge is 0.237 e. The van der Waals surface area contributed by atoms with Crippen molar-refractivity contribution >= 4 is 5.91 Å². The lowest BCUT2D eigenvalue weighted by Crippen LogP contribution is -2.48. The van der Waals surface area contributed by atoms with Gasteiger partial charge in [-0.05, 0) is 43.4 Å². The summed E-state index contributed by atoms with van der Waals surface area (Å²) in [5.74, 6) is 0.246. The third-order valence-corrected chi connectivity index (χ3v) is 3.22. The zero-order chi connectivity index (χ0) is 16.0. The average molecular weight is 294 g/mol. The molecule has 0 aliphatic rings. The van der Waals surface area contributed by atoms with Crippen molar-refractivity contribution in [1.82, 2.24) is 5.32 Å². The molecule has 1 rings (SSSR count). The second-order valence-corrected chi connectivity index (χ2v) is 6.29. The summed E-state index contributed by atoms with van der Waals surface area (Å²) in [5, 5.41) is 22.1. The molecule has 0 aromatic heterocycles. The van der Waals surface area contributed by atoms with Gasteiger partial charge in [0, 0.05) is 6.54 Å². The topological polar surface area (TPSA) is 95.6 Å². The van der Waals surface area contributed by atoms with Crippen LogP contribution in [0, 0.1) is 5.92 Å². The second kappa shape index (κ2) is 7.43. The minimum atomic E-state index is -0.928. The first-order valence-corrected chi connectivity index (χ1v) is 7.23. The fourth-order valence-electron chi connectivity index (χ4n) is 2.34. The van der Waals surface area contributed by atoms with Gasteiger partial charge in [0.15, 0.2) is 0 Å². The molecule has 0 fully saturated rings. The predicted octanol–water partition coefficient (Wildman–Crippen LogP) is 1.18. The van der Waals surface area contributed by atoms with E-state index >= 15 is 0 Å². The van der Waals surface area contributed by atoms with Crippen LogP contribution >= 0.6 is 0 Å². The molecule has 5 heteroatoms. The molecule has 0 heterocycles. The van der Waals surface area contributed by atoms with Crippen LogP contribution in [0.3, 0.4) is 0 Å². The van der Waals surface area contributed by atoms with E-state index in [1.807, 2.05) is 13.8 Å². The summed E-state index contributed by atoms with van der Waals surface area (Å²) in [6.45, 7) is 5.94. The van der Waals surface area contributed by atoms with E-state index in [-0.39, 0.29) is 18.2 Å². The van der Waals surface area contributed by atoms with Gasteiger partial charge in [-0.25, -0.2) is 0 Å². The number of phenols is 1. The Balaban J connectivity index is 2.46. The van der Waals surface area contributed by atoms with Crippen LogP contribution in [0.1, 0.15) is 32.8 Å². The summed E-state index contributed by atoms with van der Waals surface area (Å²) in [4.78, 5) is 12.0. The van der Waals surface area contributed by atoms with Gasteiger partial charge in [0.2, 0.25) is 5.91 Å². The Morgan fingerprint density at radius 3 is 2.43 bits per heavy atom. The van der Waals surface area contributed by atoms with Gasteiger partial charge in [0.1, 0.15) is 5.75 Å². The molecule has 2 atom stereocenters. The van der Waals surface area contributed by atoms with Gasteiger partial charge in [-0.15, -0.1) is 0 Å². The van der Waals surface area contributed by atoms with Gasteiger partial charge in [0.25, 0.3) is 0 Å². The van der Waals surface area contributed by atoms with Crippen LogP contribution in [-0.4, -0.2) is 34.3 Å². The minimum Gasteiger partial charge on any atom is -0.508 e. The van der Waals surface area contributed by atoms with Crippen LogP contribution in [0.15, 0.2) is 24.3 Å². The van der Waals surface area contributed by atoms with Gasteiger partial charge >= 0.3 is 0 Å². The molecule has 0 radical (unpaired) electrons. The molecule has 0 bridgehead atoms. The maximum absolute atomic E-state index is 12.0. The van der Waals surface area contributed by atoms with Crippen LogP contribution in [0.2, 0.25) is 0 Å². The molecule has 1 aromatic carbocycles. The Hall–Kier alpha value is -1.59. The Kier molecular flexibility index (Phi) is 6.18. The van der Waals surface area contributed by atoms with Crippen molar-refractivity contribution < 1.29 is 15.0 Å². The lowest BCUT2D eigenvalue weighted by molar-refractivity contribution is -0.123. The molecular weight excluding hydrogens is 268 g/mol. The van der Waals surface area contributed by atoms with Crippen LogP contribution in [0.25, 0.3) is 0 Å². The number of carbonyl (C=O) groups excluding carboxylic acids is 1. The number of carbonyl (C=O) groups is 1. The van der Waals surface area contributed by atoms with Crippen LogP contribution < -0.4 is 11.1 Å². The lowest BCUT2D eigenvalue weighted by Gasteiger charge is -2.26. The molecule has 1 amide bonds. The van der Waals surface area contributed by atoms with Crippen molar-refractivity contribution in [3.63, 3.8) is 0 Å². The van der Waals surface area contributed by atoms with E-state index in [1.54, 1.807) is 31.2 Å². The highest BCUT2D eigenvalue weighted by Gasteiger charge is 2.24. The summed E-state index contributed by atoms with van der Waals surface area (Å²) in [7, 11) is 0. The molecule has 21 heavy (non-hydrogen) atoms. The van der Waals surface area contributed by atoms with Crippen molar-refractivity contribution in [1.29, 1.82) is 0 Å². The number of aromatic hydroxyl groups is 1. The summed E-state index contributed by atoms with van der Waals surface area (Å²) in [5.41, 5.74) is 5.81. The quantitative estimate of drug-likeness (QED) is 0.607. The van der Waals surface area contributed by atoms with Crippen molar-refractivity contribution in [2.24, 2.45) is 11.7 Å². The maximum atomic E-state index is 12.0. The first kappa shape index (κ1) is 17.5. The van der Waals surface area contributed by atoms with Crippen LogP contribution in [0.4, 0.5) is 0 Å². The zero-order valence-corrected chi connectivity index (χ0v) is 13.0. The van der Waals surface area contributed by atoms with Gasteiger partial charge < -0.3 is 21.3 Å². The molecule has 5 N–H and O–H groups in total. The number of nitrogens with one attached hydrogen (secondary N) is 1. The molecular formula is C16H26N2O3. The fourth-order valence-corrected chi connectivity index (χ4v) is 2.34. The molecule has 0 aliphatic carbocycles. The molecule has 1 aromatic rings. The average Bonchev–Trinajstić information content (AvgIpc) is 2.37. The maximum Gasteiger partial charge on any atom is 0.237 e. The fraction of sp³-hybridized carbons (Fsp3) is 0.562. The van der Waals surface area contributed by atoms with Crippen LogP contribution in [0.5, 0.6) is 5.75 Å². The molecule has 0 aliphatic heterocycles. The highest BCUT2D eigenvalue weighted by molar-refractivity contribution is 5.81. The number of phenolic OH excluding ortho intramolecular Hbond substituents is 1. The predicted molar refractivity (Wildman–Crippen MR) is 82.9 cm³/mol. The summed E-state index contributed by atoms with van der Waals surface area (Å²) in [6, 6.07) is 5.92. The first-order valence-electron chi connectivity index (χ1n) is 7.23. The van der Waals surface area contributed by atoms with E-state index in [4.69, 9.17) is 5.73 Å². The number of aliphatic hydroxyl groups is 1. The Bertz CT molecular complexity index is 455. The van der Waals surface area contributed by atoms with Gasteiger partial charge in [-0.3, -0.25) is 4.79 Å². The zero-order valence-electron chi connectivity index (χ0n) is 13.0. The van der Waals surface area contributed by atoms with E-state index in [0.717, 1.165) is 5.56 Å².